The van der Waals surface area contributed by atoms with Gasteiger partial charge in [-0.3, -0.25) is 5.10 Å². The van der Waals surface area contributed by atoms with Gasteiger partial charge in [0, 0.05) is 18.8 Å². The Morgan fingerprint density at radius 3 is 3.10 bits per heavy atom. The molecule has 7 nitrogen and oxygen atoms in total. The molecule has 0 aliphatic heterocycles. The van der Waals surface area contributed by atoms with Crippen molar-refractivity contribution in [3.63, 3.8) is 0 Å². The first kappa shape index (κ1) is 14.8. The highest BCUT2D eigenvalue weighted by molar-refractivity contribution is 5.88. The van der Waals surface area contributed by atoms with Crippen molar-refractivity contribution < 1.29 is 19.0 Å². The number of carbonyl (C=O) groups is 1. The average molecular weight is 294 g/mol. The van der Waals surface area contributed by atoms with Crippen LogP contribution in [0.15, 0.2) is 36.7 Å². The first-order valence-electron chi connectivity index (χ1n) is 6.23. The number of amides is 2. The number of halogens is 1. The van der Waals surface area contributed by atoms with E-state index in [2.05, 4.69) is 20.8 Å². The predicted molar refractivity (Wildman–Crippen MR) is 73.5 cm³/mol. The summed E-state index contributed by atoms with van der Waals surface area (Å²) in [6.45, 7) is -0.0611. The van der Waals surface area contributed by atoms with Gasteiger partial charge in [-0.25, -0.2) is 9.18 Å². The number of nitrogens with one attached hydrogen (secondary N) is 3. The SMILES string of the molecule is O=C(NC[C@@H](O)COc1cccc(F)c1)Nc1cn[nH]c1. The maximum absolute atomic E-state index is 12.9. The topological polar surface area (TPSA) is 99.3 Å². The van der Waals surface area contributed by atoms with Crippen molar-refractivity contribution in [3.8, 4) is 5.75 Å². The first-order valence-corrected chi connectivity index (χ1v) is 6.23. The van der Waals surface area contributed by atoms with Gasteiger partial charge in [0.15, 0.2) is 0 Å². The third kappa shape index (κ3) is 5.11. The summed E-state index contributed by atoms with van der Waals surface area (Å²) in [7, 11) is 0. The van der Waals surface area contributed by atoms with Crippen molar-refractivity contribution in [2.24, 2.45) is 0 Å². The molecule has 0 saturated carbocycles. The predicted octanol–water partition coefficient (Wildman–Crippen LogP) is 1.11. The summed E-state index contributed by atoms with van der Waals surface area (Å²) in [4.78, 5) is 11.5. The first-order chi connectivity index (χ1) is 10.1. The van der Waals surface area contributed by atoms with Gasteiger partial charge in [0.2, 0.25) is 0 Å². The molecule has 0 spiro atoms. The Bertz CT molecular complexity index is 577. The van der Waals surface area contributed by atoms with Crippen LogP contribution >= 0.6 is 0 Å². The number of hydrogen-bond acceptors (Lipinski definition) is 4. The second-order valence-electron chi connectivity index (χ2n) is 4.24. The quantitative estimate of drug-likeness (QED) is 0.641. The third-order valence-corrected chi connectivity index (χ3v) is 2.49. The Morgan fingerprint density at radius 2 is 2.38 bits per heavy atom. The molecule has 1 aromatic heterocycles. The summed E-state index contributed by atoms with van der Waals surface area (Å²) in [5, 5.41) is 20.9. The van der Waals surface area contributed by atoms with E-state index in [4.69, 9.17) is 4.74 Å². The van der Waals surface area contributed by atoms with Crippen LogP contribution in [-0.2, 0) is 0 Å². The van der Waals surface area contributed by atoms with Gasteiger partial charge in [-0.15, -0.1) is 0 Å². The van der Waals surface area contributed by atoms with Crippen LogP contribution in [0, 0.1) is 5.82 Å². The van der Waals surface area contributed by atoms with Gasteiger partial charge in [0.1, 0.15) is 24.3 Å². The maximum atomic E-state index is 12.9. The highest BCUT2D eigenvalue weighted by Crippen LogP contribution is 2.11. The number of aliphatic hydroxyl groups excluding tert-OH is 1. The van der Waals surface area contributed by atoms with Gasteiger partial charge in [0.05, 0.1) is 11.9 Å². The lowest BCUT2D eigenvalue weighted by molar-refractivity contribution is 0.108. The molecular weight excluding hydrogens is 279 g/mol. The second-order valence-corrected chi connectivity index (χ2v) is 4.24. The molecule has 2 amide bonds. The van der Waals surface area contributed by atoms with Crippen molar-refractivity contribution in [1.82, 2.24) is 15.5 Å². The van der Waals surface area contributed by atoms with E-state index in [-0.39, 0.29) is 13.2 Å². The van der Waals surface area contributed by atoms with Crippen LogP contribution in [0.4, 0.5) is 14.9 Å². The molecule has 0 bridgehead atoms. The molecule has 1 atom stereocenters. The standard InChI is InChI=1S/C13H15FN4O3/c14-9-2-1-3-12(4-9)21-8-11(19)7-15-13(20)18-10-5-16-17-6-10/h1-6,11,19H,7-8H2,(H,16,17)(H2,15,18,20)/t11-/m1/s1. The van der Waals surface area contributed by atoms with Crippen molar-refractivity contribution in [1.29, 1.82) is 0 Å². The molecule has 0 unspecified atom stereocenters. The van der Waals surface area contributed by atoms with Gasteiger partial charge in [-0.2, -0.15) is 5.10 Å². The van der Waals surface area contributed by atoms with E-state index in [0.717, 1.165) is 0 Å². The number of aliphatic hydroxyl groups is 1. The third-order valence-electron chi connectivity index (χ3n) is 2.49. The molecule has 0 radical (unpaired) electrons. The molecular formula is C13H15FN4O3. The number of ether oxygens (including phenoxy) is 1. The van der Waals surface area contributed by atoms with Crippen molar-refractivity contribution in [2.75, 3.05) is 18.5 Å². The van der Waals surface area contributed by atoms with Crippen LogP contribution < -0.4 is 15.4 Å². The normalized spacial score (nSPS) is 11.7. The zero-order chi connectivity index (χ0) is 15.1. The van der Waals surface area contributed by atoms with E-state index in [1.807, 2.05) is 0 Å². The molecule has 1 heterocycles. The number of rotatable bonds is 6. The number of anilines is 1. The Morgan fingerprint density at radius 1 is 1.52 bits per heavy atom. The van der Waals surface area contributed by atoms with Crippen molar-refractivity contribution in [2.45, 2.75) is 6.10 Å². The summed E-state index contributed by atoms with van der Waals surface area (Å²) < 4.78 is 18.1. The minimum Gasteiger partial charge on any atom is -0.491 e. The van der Waals surface area contributed by atoms with Gasteiger partial charge in [-0.1, -0.05) is 6.07 Å². The Balaban J connectivity index is 1.67. The van der Waals surface area contributed by atoms with Crippen LogP contribution in [0.5, 0.6) is 5.75 Å². The molecule has 2 rings (SSSR count). The highest BCUT2D eigenvalue weighted by atomic mass is 19.1. The average Bonchev–Trinajstić information content (AvgIpc) is 2.96. The number of carbonyl (C=O) groups excluding carboxylic acids is 1. The molecule has 21 heavy (non-hydrogen) atoms. The lowest BCUT2D eigenvalue weighted by Gasteiger charge is -2.13. The summed E-state index contributed by atoms with van der Waals surface area (Å²) >= 11 is 0. The minimum atomic E-state index is -0.914. The zero-order valence-electron chi connectivity index (χ0n) is 11.0. The maximum Gasteiger partial charge on any atom is 0.319 e. The number of aromatic amines is 1. The van der Waals surface area contributed by atoms with E-state index in [9.17, 15) is 14.3 Å². The monoisotopic (exact) mass is 294 g/mol. The number of aromatic nitrogens is 2. The summed E-state index contributed by atoms with van der Waals surface area (Å²) in [5.41, 5.74) is 0.512. The molecule has 4 N–H and O–H groups in total. The molecule has 0 saturated heterocycles. The number of benzene rings is 1. The number of H-pyrrole nitrogens is 1. The molecule has 112 valence electrons. The molecule has 2 aromatic rings. The van der Waals surface area contributed by atoms with Gasteiger partial charge in [-0.05, 0) is 12.1 Å². The summed E-state index contributed by atoms with van der Waals surface area (Å²) in [6.07, 6.45) is 2.05. The summed E-state index contributed by atoms with van der Waals surface area (Å²) in [6, 6.07) is 5.13. The minimum absolute atomic E-state index is 0.000992. The Labute approximate surface area is 120 Å². The second kappa shape index (κ2) is 7.25. The van der Waals surface area contributed by atoms with E-state index in [0.29, 0.717) is 11.4 Å². The fraction of sp³-hybridized carbons (Fsp3) is 0.231. The van der Waals surface area contributed by atoms with Crippen LogP contribution in [0.25, 0.3) is 0 Å². The molecule has 0 aliphatic rings. The van der Waals surface area contributed by atoms with Crippen molar-refractivity contribution in [3.05, 3.63) is 42.5 Å². The van der Waals surface area contributed by atoms with Gasteiger partial charge in [0.25, 0.3) is 0 Å². The highest BCUT2D eigenvalue weighted by Gasteiger charge is 2.08. The largest absolute Gasteiger partial charge is 0.491 e. The molecule has 0 aliphatic carbocycles. The molecule has 1 aromatic carbocycles. The Kier molecular flexibility index (Phi) is 5.10. The fourth-order valence-corrected chi connectivity index (χ4v) is 1.51. The van der Waals surface area contributed by atoms with E-state index in [1.165, 1.54) is 30.6 Å². The van der Waals surface area contributed by atoms with Crippen molar-refractivity contribution >= 4 is 11.7 Å². The van der Waals surface area contributed by atoms with Crippen LogP contribution in [0.1, 0.15) is 0 Å². The molecule has 0 fully saturated rings. The van der Waals surface area contributed by atoms with Crippen LogP contribution in [-0.4, -0.2) is 40.6 Å². The van der Waals surface area contributed by atoms with Crippen LogP contribution in [0.3, 0.4) is 0 Å². The van der Waals surface area contributed by atoms with Gasteiger partial charge >= 0.3 is 6.03 Å². The fourth-order valence-electron chi connectivity index (χ4n) is 1.51. The van der Waals surface area contributed by atoms with E-state index in [1.54, 1.807) is 6.07 Å². The number of hydrogen-bond donors (Lipinski definition) is 4. The lowest BCUT2D eigenvalue weighted by atomic mass is 10.3. The van der Waals surface area contributed by atoms with Crippen LogP contribution in [0.2, 0.25) is 0 Å². The zero-order valence-corrected chi connectivity index (χ0v) is 11.0. The summed E-state index contributed by atoms with van der Waals surface area (Å²) in [5.74, 6) is -0.100. The smallest absolute Gasteiger partial charge is 0.319 e. The Hall–Kier alpha value is -2.61. The lowest BCUT2D eigenvalue weighted by Crippen LogP contribution is -2.37. The number of urea groups is 1. The van der Waals surface area contributed by atoms with E-state index >= 15 is 0 Å². The number of nitrogens with zero attached hydrogens (tertiary/aromatic N) is 1. The van der Waals surface area contributed by atoms with E-state index < -0.39 is 18.0 Å². The van der Waals surface area contributed by atoms with Gasteiger partial charge < -0.3 is 20.5 Å². The molecule has 8 heteroatoms.